The van der Waals surface area contributed by atoms with Gasteiger partial charge in [0.1, 0.15) is 10.4 Å². The minimum Gasteiger partial charge on any atom is -0.280 e. The molecule has 1 N–H and O–H groups in total. The van der Waals surface area contributed by atoms with E-state index in [-0.39, 0.29) is 10.4 Å². The van der Waals surface area contributed by atoms with Gasteiger partial charge in [-0.05, 0) is 46.7 Å². The van der Waals surface area contributed by atoms with E-state index in [1.165, 1.54) is 6.07 Å². The number of halogens is 1. The van der Waals surface area contributed by atoms with Crippen molar-refractivity contribution in [3.8, 4) is 0 Å². The molecule has 1 heterocycles. The average Bonchev–Trinajstić information content (AvgIpc) is 2.89. The van der Waals surface area contributed by atoms with Crippen LogP contribution in [0.1, 0.15) is 0 Å². The minimum atomic E-state index is -3.75. The van der Waals surface area contributed by atoms with Gasteiger partial charge in [-0.2, -0.15) is 0 Å². The molecule has 0 saturated carbocycles. The molecule has 2 aromatic carbocycles. The van der Waals surface area contributed by atoms with Crippen molar-refractivity contribution < 1.29 is 13.0 Å². The maximum absolute atomic E-state index is 12.4. The van der Waals surface area contributed by atoms with Crippen LogP contribution in [0.3, 0.4) is 0 Å². The molecule has 0 aliphatic rings. The lowest BCUT2D eigenvalue weighted by molar-refractivity contribution is 0.315. The van der Waals surface area contributed by atoms with E-state index in [9.17, 15) is 8.42 Å². The number of rotatable bonds is 3. The van der Waals surface area contributed by atoms with Crippen LogP contribution in [0.25, 0.3) is 11.0 Å². The third kappa shape index (κ3) is 2.39. The number of hydrogen-bond donors (Lipinski definition) is 1. The van der Waals surface area contributed by atoms with Crippen molar-refractivity contribution in [2.45, 2.75) is 4.90 Å². The van der Waals surface area contributed by atoms with E-state index in [0.717, 1.165) is 4.47 Å². The summed E-state index contributed by atoms with van der Waals surface area (Å²) in [4.78, 5) is 0.0270. The zero-order valence-electron chi connectivity index (χ0n) is 9.95. The summed E-state index contributed by atoms with van der Waals surface area (Å²) in [5, 5.41) is 7.25. The first-order valence-electron chi connectivity index (χ1n) is 5.56. The summed E-state index contributed by atoms with van der Waals surface area (Å²) >= 11 is 3.29. The Labute approximate surface area is 122 Å². The highest BCUT2D eigenvalue weighted by atomic mass is 79.9. The Balaban J connectivity index is 2.03. The van der Waals surface area contributed by atoms with Crippen LogP contribution in [0.5, 0.6) is 0 Å². The zero-order chi connectivity index (χ0) is 14.2. The minimum absolute atomic E-state index is 0.0270. The molecule has 102 valence electrons. The number of fused-ring (bicyclic) bond motifs is 1. The first kappa shape index (κ1) is 13.1. The number of nitrogens with one attached hydrogen (secondary N) is 1. The smallest absolute Gasteiger partial charge is 0.264 e. The van der Waals surface area contributed by atoms with E-state index < -0.39 is 10.0 Å². The Morgan fingerprint density at radius 1 is 1.05 bits per heavy atom. The Morgan fingerprint density at radius 2 is 1.80 bits per heavy atom. The summed E-state index contributed by atoms with van der Waals surface area (Å²) in [6.45, 7) is 0. The predicted molar refractivity (Wildman–Crippen MR) is 76.8 cm³/mol. The predicted octanol–water partition coefficient (Wildman–Crippen LogP) is 2.79. The Kier molecular flexibility index (Phi) is 3.19. The summed E-state index contributed by atoms with van der Waals surface area (Å²) < 4.78 is 32.7. The van der Waals surface area contributed by atoms with Gasteiger partial charge in [-0.1, -0.05) is 22.0 Å². The lowest BCUT2D eigenvalue weighted by Crippen LogP contribution is -2.13. The van der Waals surface area contributed by atoms with E-state index in [4.69, 9.17) is 0 Å². The van der Waals surface area contributed by atoms with Crippen LogP contribution >= 0.6 is 15.9 Å². The number of benzene rings is 2. The van der Waals surface area contributed by atoms with E-state index in [1.807, 2.05) is 0 Å². The number of hydrogen-bond acceptors (Lipinski definition) is 5. The van der Waals surface area contributed by atoms with Crippen LogP contribution < -0.4 is 4.72 Å². The van der Waals surface area contributed by atoms with Gasteiger partial charge in [0.15, 0.2) is 5.52 Å². The molecular weight excluding hydrogens is 346 g/mol. The fraction of sp³-hybridized carbons (Fsp3) is 0. The molecule has 0 aliphatic carbocycles. The molecule has 8 heteroatoms. The van der Waals surface area contributed by atoms with Crippen molar-refractivity contribution in [3.05, 3.63) is 46.9 Å². The van der Waals surface area contributed by atoms with Crippen molar-refractivity contribution >= 4 is 42.7 Å². The number of anilines is 1. The highest BCUT2D eigenvalue weighted by Crippen LogP contribution is 2.23. The van der Waals surface area contributed by atoms with Gasteiger partial charge in [0.05, 0.1) is 0 Å². The topological polar surface area (TPSA) is 85.1 Å². The molecule has 0 unspecified atom stereocenters. The number of nitrogens with zero attached hydrogens (tertiary/aromatic N) is 2. The Morgan fingerprint density at radius 3 is 2.55 bits per heavy atom. The van der Waals surface area contributed by atoms with Crippen LogP contribution in [-0.4, -0.2) is 18.7 Å². The molecule has 0 spiro atoms. The lowest BCUT2D eigenvalue weighted by Gasteiger charge is -2.07. The molecule has 6 nitrogen and oxygen atoms in total. The number of aromatic nitrogens is 2. The van der Waals surface area contributed by atoms with Crippen LogP contribution in [0, 0.1) is 0 Å². The molecule has 0 amide bonds. The molecule has 0 bridgehead atoms. The zero-order valence-corrected chi connectivity index (χ0v) is 12.3. The van der Waals surface area contributed by atoms with Gasteiger partial charge >= 0.3 is 0 Å². The first-order chi connectivity index (χ1) is 9.56. The fourth-order valence-electron chi connectivity index (χ4n) is 1.73. The summed E-state index contributed by atoms with van der Waals surface area (Å²) in [6.07, 6.45) is 0. The monoisotopic (exact) mass is 353 g/mol. The maximum atomic E-state index is 12.4. The first-order valence-corrected chi connectivity index (χ1v) is 7.83. The van der Waals surface area contributed by atoms with Crippen LogP contribution in [0.4, 0.5) is 5.69 Å². The van der Waals surface area contributed by atoms with Gasteiger partial charge < -0.3 is 0 Å². The second-order valence-electron chi connectivity index (χ2n) is 4.00. The summed E-state index contributed by atoms with van der Waals surface area (Å²) in [5.41, 5.74) is 1.06. The third-order valence-electron chi connectivity index (χ3n) is 2.63. The highest BCUT2D eigenvalue weighted by Gasteiger charge is 2.20. The van der Waals surface area contributed by atoms with Gasteiger partial charge in [0.2, 0.25) is 0 Å². The molecule has 1 aromatic heterocycles. The molecule has 0 saturated heterocycles. The van der Waals surface area contributed by atoms with E-state index in [0.29, 0.717) is 11.2 Å². The third-order valence-corrected chi connectivity index (χ3v) is 4.58. The SMILES string of the molecule is O=S(=O)(Nc1ccc(Br)cc1)c1cccc2nonc12. The van der Waals surface area contributed by atoms with Crippen molar-refractivity contribution in [3.63, 3.8) is 0 Å². The van der Waals surface area contributed by atoms with Gasteiger partial charge in [0, 0.05) is 10.2 Å². The Hall–Kier alpha value is -1.93. The second kappa shape index (κ2) is 4.88. The quantitative estimate of drug-likeness (QED) is 0.782. The van der Waals surface area contributed by atoms with E-state index in [1.54, 1.807) is 36.4 Å². The van der Waals surface area contributed by atoms with Crippen LogP contribution in [0.2, 0.25) is 0 Å². The molecule has 0 radical (unpaired) electrons. The number of sulfonamides is 1. The largest absolute Gasteiger partial charge is 0.280 e. The molecule has 20 heavy (non-hydrogen) atoms. The summed E-state index contributed by atoms with van der Waals surface area (Å²) in [6, 6.07) is 11.5. The highest BCUT2D eigenvalue weighted by molar-refractivity contribution is 9.10. The van der Waals surface area contributed by atoms with Gasteiger partial charge in [-0.15, -0.1) is 0 Å². The Bertz CT molecular complexity index is 859. The molecule has 3 rings (SSSR count). The van der Waals surface area contributed by atoms with Gasteiger partial charge in [-0.25, -0.2) is 13.0 Å². The maximum Gasteiger partial charge on any atom is 0.264 e. The van der Waals surface area contributed by atoms with Crippen LogP contribution in [0.15, 0.2) is 56.5 Å². The molecule has 3 aromatic rings. The van der Waals surface area contributed by atoms with Gasteiger partial charge in [0.25, 0.3) is 10.0 Å². The normalized spacial score (nSPS) is 11.7. The van der Waals surface area contributed by atoms with Gasteiger partial charge in [-0.3, -0.25) is 4.72 Å². The van der Waals surface area contributed by atoms with Crippen molar-refractivity contribution in [1.82, 2.24) is 10.3 Å². The van der Waals surface area contributed by atoms with E-state index in [2.05, 4.69) is 35.6 Å². The fourth-order valence-corrected chi connectivity index (χ4v) is 3.20. The molecule has 0 aliphatic heterocycles. The lowest BCUT2D eigenvalue weighted by atomic mass is 10.3. The molecule has 0 atom stereocenters. The van der Waals surface area contributed by atoms with Crippen molar-refractivity contribution in [2.24, 2.45) is 0 Å². The van der Waals surface area contributed by atoms with E-state index >= 15 is 0 Å². The summed E-state index contributed by atoms with van der Waals surface area (Å²) in [7, 11) is -3.75. The van der Waals surface area contributed by atoms with Crippen molar-refractivity contribution in [2.75, 3.05) is 4.72 Å². The summed E-state index contributed by atoms with van der Waals surface area (Å²) in [5.74, 6) is 0. The second-order valence-corrected chi connectivity index (χ2v) is 6.57. The molecular formula is C12H8BrN3O3S. The van der Waals surface area contributed by atoms with Crippen molar-refractivity contribution in [1.29, 1.82) is 0 Å². The van der Waals surface area contributed by atoms with Crippen LogP contribution in [-0.2, 0) is 10.0 Å². The average molecular weight is 354 g/mol. The molecule has 0 fully saturated rings. The standard InChI is InChI=1S/C12H8BrN3O3S/c13-8-4-6-9(7-5-8)16-20(17,18)11-3-1-2-10-12(11)15-19-14-10/h1-7,16H.